The highest BCUT2D eigenvalue weighted by molar-refractivity contribution is 6.32. The SMILES string of the molecule is CCc1ccc(-c2cc(C(=O)NCc3cnn(C)c3C)c3ccc(Cl)c(C)c3n2)cc1. The van der Waals surface area contributed by atoms with E-state index in [0.717, 1.165) is 45.4 Å². The number of benzene rings is 2. The minimum atomic E-state index is -0.149. The molecule has 31 heavy (non-hydrogen) atoms. The van der Waals surface area contributed by atoms with Crippen LogP contribution >= 0.6 is 11.6 Å². The maximum atomic E-state index is 13.2. The molecular weight excluding hydrogens is 408 g/mol. The molecule has 0 radical (unpaired) electrons. The average molecular weight is 433 g/mol. The van der Waals surface area contributed by atoms with E-state index in [4.69, 9.17) is 16.6 Å². The van der Waals surface area contributed by atoms with E-state index in [1.165, 1.54) is 5.56 Å². The molecule has 158 valence electrons. The summed E-state index contributed by atoms with van der Waals surface area (Å²) in [6.45, 7) is 6.46. The number of hydrogen-bond donors (Lipinski definition) is 1. The number of aromatic nitrogens is 3. The Bertz CT molecular complexity index is 1280. The van der Waals surface area contributed by atoms with E-state index in [-0.39, 0.29) is 5.91 Å². The fraction of sp³-hybridized carbons (Fsp3) is 0.240. The molecule has 0 aliphatic rings. The Hall–Kier alpha value is -3.18. The highest BCUT2D eigenvalue weighted by Crippen LogP contribution is 2.30. The Labute approximate surface area is 187 Å². The summed E-state index contributed by atoms with van der Waals surface area (Å²) in [6.07, 6.45) is 2.76. The van der Waals surface area contributed by atoms with Crippen molar-refractivity contribution in [2.75, 3.05) is 0 Å². The predicted molar refractivity (Wildman–Crippen MR) is 125 cm³/mol. The van der Waals surface area contributed by atoms with Gasteiger partial charge in [-0.3, -0.25) is 9.48 Å². The lowest BCUT2D eigenvalue weighted by Crippen LogP contribution is -2.23. The number of carbonyl (C=O) groups is 1. The van der Waals surface area contributed by atoms with Gasteiger partial charge in [0.15, 0.2) is 0 Å². The molecule has 2 aromatic carbocycles. The van der Waals surface area contributed by atoms with Gasteiger partial charge in [0, 0.05) is 40.8 Å². The van der Waals surface area contributed by atoms with Crippen molar-refractivity contribution in [3.8, 4) is 11.3 Å². The molecule has 0 bridgehead atoms. The van der Waals surface area contributed by atoms with Crippen LogP contribution in [0.2, 0.25) is 5.02 Å². The zero-order valence-corrected chi connectivity index (χ0v) is 18.9. The minimum Gasteiger partial charge on any atom is -0.348 e. The molecule has 5 nitrogen and oxygen atoms in total. The van der Waals surface area contributed by atoms with Gasteiger partial charge >= 0.3 is 0 Å². The molecule has 0 aliphatic carbocycles. The second-order valence-corrected chi connectivity index (χ2v) is 8.14. The maximum absolute atomic E-state index is 13.2. The van der Waals surface area contributed by atoms with Crippen molar-refractivity contribution in [3.63, 3.8) is 0 Å². The predicted octanol–water partition coefficient (Wildman–Crippen LogP) is 5.40. The van der Waals surface area contributed by atoms with Gasteiger partial charge in [0.25, 0.3) is 5.91 Å². The van der Waals surface area contributed by atoms with Crippen molar-refractivity contribution in [2.24, 2.45) is 7.05 Å². The van der Waals surface area contributed by atoms with E-state index < -0.39 is 0 Å². The van der Waals surface area contributed by atoms with Crippen molar-refractivity contribution >= 4 is 28.4 Å². The lowest BCUT2D eigenvalue weighted by molar-refractivity contribution is 0.0952. The van der Waals surface area contributed by atoms with Gasteiger partial charge in [0.1, 0.15) is 0 Å². The summed E-state index contributed by atoms with van der Waals surface area (Å²) in [5.41, 5.74) is 7.19. The van der Waals surface area contributed by atoms with Crippen molar-refractivity contribution in [1.82, 2.24) is 20.1 Å². The Morgan fingerprint density at radius 1 is 1.13 bits per heavy atom. The summed E-state index contributed by atoms with van der Waals surface area (Å²) >= 11 is 6.37. The first-order chi connectivity index (χ1) is 14.9. The third-order valence-electron chi connectivity index (χ3n) is 5.85. The first-order valence-electron chi connectivity index (χ1n) is 10.3. The molecule has 0 spiro atoms. The van der Waals surface area contributed by atoms with Gasteiger partial charge in [0.2, 0.25) is 0 Å². The Morgan fingerprint density at radius 2 is 1.87 bits per heavy atom. The maximum Gasteiger partial charge on any atom is 0.252 e. The Balaban J connectivity index is 1.77. The smallest absolute Gasteiger partial charge is 0.252 e. The van der Waals surface area contributed by atoms with E-state index in [1.807, 2.05) is 51.2 Å². The number of fused-ring (bicyclic) bond motifs is 1. The monoisotopic (exact) mass is 432 g/mol. The molecule has 2 heterocycles. The van der Waals surface area contributed by atoms with Crippen LogP contribution in [0.1, 0.15) is 39.7 Å². The number of nitrogens with one attached hydrogen (secondary N) is 1. The van der Waals surface area contributed by atoms with Crippen LogP contribution in [0, 0.1) is 13.8 Å². The van der Waals surface area contributed by atoms with E-state index in [9.17, 15) is 4.79 Å². The molecule has 0 saturated carbocycles. The number of aryl methyl sites for hydroxylation is 3. The number of hydrogen-bond acceptors (Lipinski definition) is 3. The van der Waals surface area contributed by atoms with E-state index in [0.29, 0.717) is 17.1 Å². The molecule has 0 fully saturated rings. The first-order valence-corrected chi connectivity index (χ1v) is 10.7. The van der Waals surface area contributed by atoms with E-state index in [1.54, 1.807) is 10.9 Å². The summed E-state index contributed by atoms with van der Waals surface area (Å²) in [5, 5.41) is 8.71. The number of nitrogens with zero attached hydrogens (tertiary/aromatic N) is 3. The third kappa shape index (κ3) is 4.06. The zero-order valence-electron chi connectivity index (χ0n) is 18.2. The van der Waals surface area contributed by atoms with Gasteiger partial charge in [0.05, 0.1) is 23.0 Å². The Morgan fingerprint density at radius 3 is 2.52 bits per heavy atom. The summed E-state index contributed by atoms with van der Waals surface area (Å²) < 4.78 is 1.80. The summed E-state index contributed by atoms with van der Waals surface area (Å²) in [5.74, 6) is -0.149. The van der Waals surface area contributed by atoms with Gasteiger partial charge in [-0.05, 0) is 43.5 Å². The van der Waals surface area contributed by atoms with Gasteiger partial charge < -0.3 is 5.32 Å². The van der Waals surface area contributed by atoms with Gasteiger partial charge in [-0.25, -0.2) is 4.98 Å². The topological polar surface area (TPSA) is 59.8 Å². The second kappa shape index (κ2) is 8.52. The molecule has 4 rings (SSSR count). The molecule has 0 atom stereocenters. The first kappa shape index (κ1) is 21.1. The number of amides is 1. The van der Waals surface area contributed by atoms with Crippen molar-refractivity contribution in [1.29, 1.82) is 0 Å². The van der Waals surface area contributed by atoms with E-state index in [2.05, 4.69) is 29.5 Å². The van der Waals surface area contributed by atoms with Crippen LogP contribution in [0.15, 0.2) is 48.7 Å². The van der Waals surface area contributed by atoms with Crippen molar-refractivity contribution < 1.29 is 4.79 Å². The normalized spacial score (nSPS) is 11.1. The lowest BCUT2D eigenvalue weighted by Gasteiger charge is -2.13. The van der Waals surface area contributed by atoms with Crippen molar-refractivity contribution in [2.45, 2.75) is 33.7 Å². The largest absolute Gasteiger partial charge is 0.348 e. The van der Waals surface area contributed by atoms with Crippen molar-refractivity contribution in [3.05, 3.63) is 81.6 Å². The van der Waals surface area contributed by atoms with Gasteiger partial charge in [-0.15, -0.1) is 0 Å². The average Bonchev–Trinajstić information content (AvgIpc) is 3.11. The fourth-order valence-corrected chi connectivity index (χ4v) is 3.79. The zero-order chi connectivity index (χ0) is 22.1. The van der Waals surface area contributed by atoms with E-state index >= 15 is 0 Å². The number of rotatable bonds is 5. The fourth-order valence-electron chi connectivity index (χ4n) is 3.64. The highest BCUT2D eigenvalue weighted by Gasteiger charge is 2.17. The molecule has 1 N–H and O–H groups in total. The number of pyridine rings is 1. The molecular formula is C25H25ClN4O. The summed E-state index contributed by atoms with van der Waals surface area (Å²) in [7, 11) is 1.89. The number of carbonyl (C=O) groups excluding carboxylic acids is 1. The lowest BCUT2D eigenvalue weighted by atomic mass is 10.0. The minimum absolute atomic E-state index is 0.149. The van der Waals surface area contributed by atoms with Crippen LogP contribution in [0.3, 0.4) is 0 Å². The standard InChI is InChI=1S/C25H25ClN4O/c1-5-17-6-8-18(9-7-17)23-12-21(20-10-11-22(26)15(2)24(20)29-23)25(31)27-13-19-14-28-30(4)16(19)3/h6-12,14H,5,13H2,1-4H3,(H,27,31). The van der Waals surface area contributed by atoms with Crippen LogP contribution in [-0.4, -0.2) is 20.7 Å². The number of halogens is 1. The van der Waals surface area contributed by atoms with Crippen LogP contribution in [0.4, 0.5) is 0 Å². The molecule has 4 aromatic rings. The molecule has 0 unspecified atom stereocenters. The van der Waals surface area contributed by atoms with Crippen LogP contribution in [0.5, 0.6) is 0 Å². The molecule has 2 aromatic heterocycles. The molecule has 1 amide bonds. The third-order valence-corrected chi connectivity index (χ3v) is 6.26. The van der Waals surface area contributed by atoms with Gasteiger partial charge in [-0.2, -0.15) is 5.10 Å². The Kier molecular flexibility index (Phi) is 5.79. The van der Waals surface area contributed by atoms with Crippen LogP contribution in [-0.2, 0) is 20.0 Å². The summed E-state index contributed by atoms with van der Waals surface area (Å²) in [4.78, 5) is 18.1. The van der Waals surface area contributed by atoms with Gasteiger partial charge in [-0.1, -0.05) is 48.9 Å². The quantitative estimate of drug-likeness (QED) is 0.459. The molecule has 0 aliphatic heterocycles. The molecule has 0 saturated heterocycles. The van der Waals surface area contributed by atoms with Crippen LogP contribution < -0.4 is 5.32 Å². The van der Waals surface area contributed by atoms with Crippen LogP contribution in [0.25, 0.3) is 22.2 Å². The summed E-state index contributed by atoms with van der Waals surface area (Å²) in [6, 6.07) is 13.8. The highest BCUT2D eigenvalue weighted by atomic mass is 35.5. The second-order valence-electron chi connectivity index (χ2n) is 7.74. The molecule has 6 heteroatoms.